The number of likely N-dealkylation sites (N-methyl/N-ethyl adjacent to an activating group) is 1. The summed E-state index contributed by atoms with van der Waals surface area (Å²) >= 11 is 1.61. The summed E-state index contributed by atoms with van der Waals surface area (Å²) in [5.41, 5.74) is -0.572. The lowest BCUT2D eigenvalue weighted by molar-refractivity contribution is -0.150. The fourth-order valence-corrected chi connectivity index (χ4v) is 3.51. The number of carbonyl (C=O) groups is 1. The van der Waals surface area contributed by atoms with Gasteiger partial charge in [0.05, 0.1) is 19.3 Å². The van der Waals surface area contributed by atoms with Crippen LogP contribution in [0, 0.1) is 0 Å². The molecule has 1 aliphatic carbocycles. The smallest absolute Gasteiger partial charge is 0.326 e. The average Bonchev–Trinajstić information content (AvgIpc) is 2.81. The lowest BCUT2D eigenvalue weighted by Gasteiger charge is -2.26. The van der Waals surface area contributed by atoms with Crippen LogP contribution >= 0.6 is 11.8 Å². The zero-order valence-electron chi connectivity index (χ0n) is 11.0. The van der Waals surface area contributed by atoms with Gasteiger partial charge in [-0.3, -0.25) is 4.79 Å². The Bertz CT molecular complexity index is 277. The molecule has 6 heteroatoms. The lowest BCUT2D eigenvalue weighted by atomic mass is 9.98. The highest BCUT2D eigenvalue weighted by Gasteiger charge is 2.45. The van der Waals surface area contributed by atoms with E-state index >= 15 is 0 Å². The minimum atomic E-state index is -0.679. The molecule has 1 fully saturated rings. The molecule has 0 aromatic heterocycles. The topological polar surface area (TPSA) is 78.8 Å². The number of rotatable bonds is 7. The first-order valence-electron chi connectivity index (χ1n) is 6.34. The van der Waals surface area contributed by atoms with Crippen LogP contribution in [0.3, 0.4) is 0 Å². The summed E-state index contributed by atoms with van der Waals surface area (Å²) in [5, 5.41) is 21.5. The van der Waals surface area contributed by atoms with Crippen molar-refractivity contribution in [1.29, 1.82) is 0 Å². The number of nitrogens with one attached hydrogen (secondary N) is 1. The molecule has 3 N–H and O–H groups in total. The molecule has 1 saturated carbocycles. The van der Waals surface area contributed by atoms with Crippen LogP contribution in [-0.4, -0.2) is 59.1 Å². The number of ether oxygens (including phenoxy) is 1. The van der Waals surface area contributed by atoms with Gasteiger partial charge in [0, 0.05) is 11.0 Å². The highest BCUT2D eigenvalue weighted by atomic mass is 32.2. The van der Waals surface area contributed by atoms with E-state index in [1.165, 1.54) is 0 Å². The van der Waals surface area contributed by atoms with Crippen LogP contribution in [0.2, 0.25) is 0 Å². The summed E-state index contributed by atoms with van der Waals surface area (Å²) in [5.74, 6) is 0.322. The number of hydrogen-bond donors (Lipinski definition) is 3. The van der Waals surface area contributed by atoms with Crippen LogP contribution in [0.4, 0.5) is 0 Å². The molecule has 0 radical (unpaired) electrons. The fourth-order valence-electron chi connectivity index (χ4n) is 2.23. The summed E-state index contributed by atoms with van der Waals surface area (Å²) in [4.78, 5) is 12.0. The Kier molecular flexibility index (Phi) is 6.42. The van der Waals surface area contributed by atoms with E-state index in [1.807, 2.05) is 0 Å². The molecule has 0 aromatic rings. The monoisotopic (exact) mass is 277 g/mol. The van der Waals surface area contributed by atoms with Gasteiger partial charge in [-0.25, -0.2) is 0 Å². The first kappa shape index (κ1) is 15.8. The molecule has 0 heterocycles. The van der Waals surface area contributed by atoms with Crippen molar-refractivity contribution in [3.8, 4) is 0 Å². The minimum absolute atomic E-state index is 0.182. The van der Waals surface area contributed by atoms with Crippen molar-refractivity contribution in [2.45, 2.75) is 43.1 Å². The quantitative estimate of drug-likeness (QED) is 0.575. The van der Waals surface area contributed by atoms with Crippen molar-refractivity contribution in [2.75, 3.05) is 26.0 Å². The third-order valence-electron chi connectivity index (χ3n) is 3.35. The summed E-state index contributed by atoms with van der Waals surface area (Å²) < 4.78 is 5.12. The number of hydrogen-bond acceptors (Lipinski definition) is 6. The molecule has 0 aromatic carbocycles. The molecule has 18 heavy (non-hydrogen) atoms. The normalized spacial score (nSPS) is 29.2. The van der Waals surface area contributed by atoms with Crippen molar-refractivity contribution in [1.82, 2.24) is 5.32 Å². The van der Waals surface area contributed by atoms with E-state index in [1.54, 1.807) is 25.7 Å². The second-order valence-electron chi connectivity index (χ2n) is 4.59. The highest BCUT2D eigenvalue weighted by molar-refractivity contribution is 7.99. The van der Waals surface area contributed by atoms with Crippen molar-refractivity contribution in [2.24, 2.45) is 0 Å². The summed E-state index contributed by atoms with van der Waals surface area (Å²) in [6.07, 6.45) is 1.71. The Balaban J connectivity index is 2.48. The minimum Gasteiger partial charge on any atom is -0.465 e. The summed E-state index contributed by atoms with van der Waals surface area (Å²) in [7, 11) is 1.78. The molecule has 5 nitrogen and oxygen atoms in total. The summed E-state index contributed by atoms with van der Waals surface area (Å²) in [6.45, 7) is 1.98. The van der Waals surface area contributed by atoms with Gasteiger partial charge in [-0.2, -0.15) is 11.8 Å². The predicted molar refractivity (Wildman–Crippen MR) is 71.6 cm³/mol. The van der Waals surface area contributed by atoms with Gasteiger partial charge >= 0.3 is 5.97 Å². The molecule has 0 amide bonds. The largest absolute Gasteiger partial charge is 0.465 e. The van der Waals surface area contributed by atoms with Crippen LogP contribution in [0.1, 0.15) is 26.2 Å². The van der Waals surface area contributed by atoms with Gasteiger partial charge in [0.25, 0.3) is 0 Å². The SMILES string of the molecule is CCOC(=O)C1(NC)CCC(SCC(O)CO)C1. The maximum absolute atomic E-state index is 12.0. The van der Waals surface area contributed by atoms with Crippen LogP contribution in [0.25, 0.3) is 0 Å². The Labute approximate surface area is 112 Å². The number of carbonyl (C=O) groups excluding carboxylic acids is 1. The molecule has 0 spiro atoms. The third kappa shape index (κ3) is 3.85. The Morgan fingerprint density at radius 2 is 2.39 bits per heavy atom. The number of aliphatic hydroxyl groups is 2. The molecular formula is C12H23NO4S. The molecule has 3 unspecified atom stereocenters. The number of aliphatic hydroxyl groups excluding tert-OH is 2. The van der Waals surface area contributed by atoms with Crippen LogP contribution in [-0.2, 0) is 9.53 Å². The van der Waals surface area contributed by atoms with Gasteiger partial charge in [-0.1, -0.05) is 0 Å². The van der Waals surface area contributed by atoms with E-state index in [4.69, 9.17) is 9.84 Å². The molecule has 0 bridgehead atoms. The summed E-state index contributed by atoms with van der Waals surface area (Å²) in [6, 6.07) is 0. The van der Waals surface area contributed by atoms with E-state index < -0.39 is 11.6 Å². The fraction of sp³-hybridized carbons (Fsp3) is 0.917. The Hall–Kier alpha value is -0.300. The van der Waals surface area contributed by atoms with E-state index in [2.05, 4.69) is 5.32 Å². The van der Waals surface area contributed by atoms with Crippen LogP contribution in [0.5, 0.6) is 0 Å². The van der Waals surface area contributed by atoms with Gasteiger partial charge in [-0.05, 0) is 33.2 Å². The van der Waals surface area contributed by atoms with Gasteiger partial charge in [0.15, 0.2) is 0 Å². The van der Waals surface area contributed by atoms with Crippen LogP contribution < -0.4 is 5.32 Å². The van der Waals surface area contributed by atoms with E-state index in [0.717, 1.165) is 12.8 Å². The van der Waals surface area contributed by atoms with Gasteiger partial charge in [-0.15, -0.1) is 0 Å². The van der Waals surface area contributed by atoms with E-state index in [-0.39, 0.29) is 12.6 Å². The predicted octanol–water partition coefficient (Wildman–Crippen LogP) is 0.147. The molecule has 106 valence electrons. The Morgan fingerprint density at radius 3 is 2.94 bits per heavy atom. The molecule has 0 aliphatic heterocycles. The molecule has 1 aliphatic rings. The Morgan fingerprint density at radius 1 is 1.67 bits per heavy atom. The van der Waals surface area contributed by atoms with Crippen molar-refractivity contribution < 1.29 is 19.7 Å². The van der Waals surface area contributed by atoms with Gasteiger partial charge < -0.3 is 20.3 Å². The zero-order chi connectivity index (χ0) is 13.6. The van der Waals surface area contributed by atoms with Crippen LogP contribution in [0.15, 0.2) is 0 Å². The lowest BCUT2D eigenvalue weighted by Crippen LogP contribution is -2.49. The number of thioether (sulfide) groups is 1. The van der Waals surface area contributed by atoms with Gasteiger partial charge in [0.2, 0.25) is 0 Å². The zero-order valence-corrected chi connectivity index (χ0v) is 11.8. The number of esters is 1. The standard InChI is InChI=1S/C12H23NO4S/c1-3-17-11(16)12(13-2)5-4-10(6-12)18-8-9(15)7-14/h9-10,13-15H,3-8H2,1-2H3. The highest BCUT2D eigenvalue weighted by Crippen LogP contribution is 2.38. The molecule has 0 saturated heterocycles. The first-order chi connectivity index (χ1) is 8.57. The second kappa shape index (κ2) is 7.33. The molecule has 3 atom stereocenters. The maximum Gasteiger partial charge on any atom is 0.326 e. The maximum atomic E-state index is 12.0. The van der Waals surface area contributed by atoms with Crippen molar-refractivity contribution in [3.05, 3.63) is 0 Å². The average molecular weight is 277 g/mol. The third-order valence-corrected chi connectivity index (χ3v) is 4.80. The first-order valence-corrected chi connectivity index (χ1v) is 7.39. The van der Waals surface area contributed by atoms with E-state index in [0.29, 0.717) is 24.0 Å². The van der Waals surface area contributed by atoms with Crippen molar-refractivity contribution in [3.63, 3.8) is 0 Å². The van der Waals surface area contributed by atoms with Gasteiger partial charge in [0.1, 0.15) is 5.54 Å². The van der Waals surface area contributed by atoms with E-state index in [9.17, 15) is 9.90 Å². The second-order valence-corrected chi connectivity index (χ2v) is 5.92. The molecular weight excluding hydrogens is 254 g/mol. The molecule has 1 rings (SSSR count). The van der Waals surface area contributed by atoms with Crippen molar-refractivity contribution >= 4 is 17.7 Å².